The summed E-state index contributed by atoms with van der Waals surface area (Å²) >= 11 is 0. The number of hydrogen-bond acceptors (Lipinski definition) is 7. The molecule has 0 bridgehead atoms. The number of guanidine groups is 1. The number of likely N-dealkylation sites (N-methyl/N-ethyl adjacent to an activating group) is 1. The third-order valence-corrected chi connectivity index (χ3v) is 5.59. The number of aldehydes is 1. The maximum atomic E-state index is 12.5. The van der Waals surface area contributed by atoms with Gasteiger partial charge in [0, 0.05) is 25.7 Å². The molecule has 2 aliphatic rings. The van der Waals surface area contributed by atoms with Gasteiger partial charge in [-0.25, -0.2) is 5.48 Å². The van der Waals surface area contributed by atoms with Crippen LogP contribution in [0.15, 0.2) is 4.99 Å². The number of carbonyl (C=O) groups excluding carboxylic acids is 3. The lowest BCUT2D eigenvalue weighted by atomic mass is 9.84. The van der Waals surface area contributed by atoms with Crippen LogP contribution in [-0.4, -0.2) is 75.7 Å². The van der Waals surface area contributed by atoms with E-state index in [-0.39, 0.29) is 12.6 Å². The third kappa shape index (κ3) is 16.3. The van der Waals surface area contributed by atoms with E-state index in [1.165, 1.54) is 52.1 Å². The fourth-order valence-electron chi connectivity index (χ4n) is 3.93. The molecule has 0 aromatic rings. The van der Waals surface area contributed by atoms with Crippen LogP contribution in [0.25, 0.3) is 0 Å². The SMILES string of the molecule is C=O.CCCN=C(N)NOC.CNC(CC1CCCCC1)C(=O)N1CCC[C@H]1C.NCC=O. The molecule has 1 aliphatic carbocycles. The smallest absolute Gasteiger partial charge is 0.239 e. The number of likely N-dealkylation sites (tertiary alicyclic amines) is 1. The van der Waals surface area contributed by atoms with E-state index in [0.29, 0.717) is 24.2 Å². The minimum absolute atomic E-state index is 0.0497. The maximum Gasteiger partial charge on any atom is 0.239 e. The van der Waals surface area contributed by atoms with Gasteiger partial charge in [0.25, 0.3) is 0 Å². The number of nitrogens with one attached hydrogen (secondary N) is 2. The molecule has 10 heteroatoms. The zero-order chi connectivity index (χ0) is 25.5. The van der Waals surface area contributed by atoms with Gasteiger partial charge in [-0.1, -0.05) is 39.0 Å². The molecular formula is C23H48N6O4. The molecule has 2 atom stereocenters. The van der Waals surface area contributed by atoms with Crippen molar-refractivity contribution in [2.24, 2.45) is 22.4 Å². The van der Waals surface area contributed by atoms with E-state index in [2.05, 4.69) is 38.2 Å². The lowest BCUT2D eigenvalue weighted by Gasteiger charge is -2.30. The first-order valence-corrected chi connectivity index (χ1v) is 11.9. The minimum Gasteiger partial charge on any atom is -0.368 e. The molecule has 1 saturated carbocycles. The Hall–Kier alpha value is -2.04. The topological polar surface area (TPSA) is 152 Å². The summed E-state index contributed by atoms with van der Waals surface area (Å²) in [6, 6.07) is 0.494. The molecular weight excluding hydrogens is 424 g/mol. The van der Waals surface area contributed by atoms with Crippen molar-refractivity contribution in [3.8, 4) is 0 Å². The van der Waals surface area contributed by atoms with Gasteiger partial charge in [-0.3, -0.25) is 14.6 Å². The van der Waals surface area contributed by atoms with Crippen molar-refractivity contribution in [2.75, 3.05) is 33.8 Å². The summed E-state index contributed by atoms with van der Waals surface area (Å²) in [4.78, 5) is 40.0. The fraction of sp³-hybridized carbons (Fsp3) is 0.826. The van der Waals surface area contributed by atoms with E-state index in [1.54, 1.807) is 0 Å². The lowest BCUT2D eigenvalue weighted by molar-refractivity contribution is -0.134. The standard InChI is InChI=1S/C15H28N2O.C5H13N3O.C2H5NO.CH2O/c1-12-7-6-10-17(12)15(18)14(16-2)11-13-8-4-3-5-9-13;1-3-4-7-5(6)8-9-2;3-1-2-4;1-2/h12-14,16H,3-11H2,1-2H3;3-4H2,1-2H3,(H3,6,7,8);2H,1,3H2;1H2/t12-,14?;;;/m1.../s1. The Kier molecular flexibility index (Phi) is 23.2. The molecule has 2 rings (SSSR count). The monoisotopic (exact) mass is 472 g/mol. The molecule has 194 valence electrons. The zero-order valence-corrected chi connectivity index (χ0v) is 21.2. The lowest BCUT2D eigenvalue weighted by Crippen LogP contribution is -2.47. The molecule has 33 heavy (non-hydrogen) atoms. The number of nitrogens with two attached hydrogens (primary N) is 2. The first-order chi connectivity index (χ1) is 15.9. The molecule has 0 aromatic heterocycles. The number of hydroxylamine groups is 1. The molecule has 1 aliphatic heterocycles. The largest absolute Gasteiger partial charge is 0.368 e. The van der Waals surface area contributed by atoms with Crippen LogP contribution in [0.1, 0.15) is 71.6 Å². The van der Waals surface area contributed by atoms with Crippen molar-refractivity contribution < 1.29 is 19.2 Å². The van der Waals surface area contributed by atoms with E-state index >= 15 is 0 Å². The number of carbonyl (C=O) groups is 3. The van der Waals surface area contributed by atoms with Crippen molar-refractivity contribution in [1.82, 2.24) is 15.7 Å². The van der Waals surface area contributed by atoms with Gasteiger partial charge in [0.1, 0.15) is 13.1 Å². The van der Waals surface area contributed by atoms with Gasteiger partial charge in [-0.2, -0.15) is 0 Å². The van der Waals surface area contributed by atoms with Crippen LogP contribution in [0.2, 0.25) is 0 Å². The van der Waals surface area contributed by atoms with Crippen LogP contribution in [0.5, 0.6) is 0 Å². The quantitative estimate of drug-likeness (QED) is 0.179. The molecule has 1 saturated heterocycles. The maximum absolute atomic E-state index is 12.5. The Morgan fingerprint density at radius 3 is 2.27 bits per heavy atom. The van der Waals surface area contributed by atoms with Crippen molar-refractivity contribution in [1.29, 1.82) is 0 Å². The van der Waals surface area contributed by atoms with Gasteiger partial charge in [0.15, 0.2) is 0 Å². The normalized spacial score (nSPS) is 19.0. The second kappa shape index (κ2) is 23.1. The van der Waals surface area contributed by atoms with Crippen molar-refractivity contribution in [3.63, 3.8) is 0 Å². The van der Waals surface area contributed by atoms with E-state index in [9.17, 15) is 4.79 Å². The number of rotatable bonds is 8. The Morgan fingerprint density at radius 2 is 1.85 bits per heavy atom. The van der Waals surface area contributed by atoms with E-state index in [4.69, 9.17) is 15.3 Å². The Bertz CT molecular complexity index is 515. The van der Waals surface area contributed by atoms with Gasteiger partial charge in [-0.15, -0.1) is 0 Å². The molecule has 0 spiro atoms. The van der Waals surface area contributed by atoms with Gasteiger partial charge in [0.2, 0.25) is 11.9 Å². The highest BCUT2D eigenvalue weighted by Gasteiger charge is 2.31. The van der Waals surface area contributed by atoms with Crippen molar-refractivity contribution in [3.05, 3.63) is 0 Å². The molecule has 0 radical (unpaired) electrons. The predicted octanol–water partition coefficient (Wildman–Crippen LogP) is 1.38. The third-order valence-electron chi connectivity index (χ3n) is 5.59. The molecule has 2 fully saturated rings. The van der Waals surface area contributed by atoms with E-state index < -0.39 is 0 Å². The van der Waals surface area contributed by atoms with Crippen molar-refractivity contribution >= 4 is 24.9 Å². The molecule has 10 nitrogen and oxygen atoms in total. The van der Waals surface area contributed by atoms with Crippen LogP contribution in [0.3, 0.4) is 0 Å². The molecule has 6 N–H and O–H groups in total. The average Bonchev–Trinajstić information content (AvgIpc) is 3.29. The van der Waals surface area contributed by atoms with Crippen molar-refractivity contribution in [2.45, 2.75) is 83.7 Å². The van der Waals surface area contributed by atoms with E-state index in [0.717, 1.165) is 31.8 Å². The van der Waals surface area contributed by atoms with Gasteiger partial charge in [0.05, 0.1) is 13.2 Å². The summed E-state index contributed by atoms with van der Waals surface area (Å²) < 4.78 is 0. The summed E-state index contributed by atoms with van der Waals surface area (Å²) in [7, 11) is 3.43. The number of aliphatic imine (C=N–C) groups is 1. The zero-order valence-electron chi connectivity index (χ0n) is 21.2. The summed E-state index contributed by atoms with van der Waals surface area (Å²) in [5.74, 6) is 1.44. The first kappa shape index (κ1) is 33.1. The van der Waals surface area contributed by atoms with Crippen LogP contribution >= 0.6 is 0 Å². The second-order valence-electron chi connectivity index (χ2n) is 8.08. The summed E-state index contributed by atoms with van der Waals surface area (Å²) in [5, 5.41) is 3.26. The molecule has 1 heterocycles. The molecule has 1 unspecified atom stereocenters. The number of amides is 1. The average molecular weight is 473 g/mol. The minimum atomic E-state index is 0.0497. The van der Waals surface area contributed by atoms with Gasteiger partial charge < -0.3 is 31.3 Å². The predicted molar refractivity (Wildman–Crippen MR) is 134 cm³/mol. The van der Waals surface area contributed by atoms with Gasteiger partial charge >= 0.3 is 0 Å². The highest BCUT2D eigenvalue weighted by Crippen LogP contribution is 2.28. The Labute approximate surface area is 200 Å². The number of hydrogen-bond donors (Lipinski definition) is 4. The van der Waals surface area contributed by atoms with Crippen LogP contribution in [0.4, 0.5) is 0 Å². The first-order valence-electron chi connectivity index (χ1n) is 11.9. The summed E-state index contributed by atoms with van der Waals surface area (Å²) in [5.41, 5.74) is 12.4. The molecule has 1 amide bonds. The van der Waals surface area contributed by atoms with Crippen LogP contribution < -0.4 is 22.3 Å². The molecule has 0 aromatic carbocycles. The van der Waals surface area contributed by atoms with Gasteiger partial charge in [-0.05, 0) is 45.6 Å². The summed E-state index contributed by atoms with van der Waals surface area (Å²) in [6.07, 6.45) is 11.8. The number of nitrogens with zero attached hydrogens (tertiary/aromatic N) is 2. The Balaban J connectivity index is 0. The summed E-state index contributed by atoms with van der Waals surface area (Å²) in [6.45, 7) is 8.05. The highest BCUT2D eigenvalue weighted by atomic mass is 16.6. The second-order valence-corrected chi connectivity index (χ2v) is 8.08. The Morgan fingerprint density at radius 1 is 1.24 bits per heavy atom. The van der Waals surface area contributed by atoms with Crippen LogP contribution in [-0.2, 0) is 19.2 Å². The van der Waals surface area contributed by atoms with Crippen LogP contribution in [0, 0.1) is 5.92 Å². The highest BCUT2D eigenvalue weighted by molar-refractivity contribution is 5.82. The fourth-order valence-corrected chi connectivity index (χ4v) is 3.93. The van der Waals surface area contributed by atoms with E-state index in [1.807, 2.05) is 20.8 Å².